The van der Waals surface area contributed by atoms with Gasteiger partial charge < -0.3 is 5.73 Å². The van der Waals surface area contributed by atoms with Crippen molar-refractivity contribution in [2.45, 2.75) is 13.8 Å². The Balaban J connectivity index is 2.96. The standard InChI is InChI=1S/C9H12N2S/c1-3-5-7(4-2)8-6-12-9(10)11-8/h3-6H,1-2H3,(H2,10,11)/b5-3-,7-4+. The van der Waals surface area contributed by atoms with Gasteiger partial charge in [0.05, 0.1) is 5.69 Å². The van der Waals surface area contributed by atoms with Crippen molar-refractivity contribution < 1.29 is 0 Å². The highest BCUT2D eigenvalue weighted by atomic mass is 32.1. The Morgan fingerprint density at radius 3 is 2.75 bits per heavy atom. The van der Waals surface area contributed by atoms with E-state index in [-0.39, 0.29) is 0 Å². The average molecular weight is 180 g/mol. The van der Waals surface area contributed by atoms with E-state index in [1.54, 1.807) is 0 Å². The maximum Gasteiger partial charge on any atom is 0.180 e. The summed E-state index contributed by atoms with van der Waals surface area (Å²) >= 11 is 1.47. The Kier molecular flexibility index (Phi) is 3.05. The molecule has 0 fully saturated rings. The van der Waals surface area contributed by atoms with Crippen LogP contribution in [0.15, 0.2) is 23.6 Å². The van der Waals surface area contributed by atoms with Crippen LogP contribution in [-0.2, 0) is 0 Å². The van der Waals surface area contributed by atoms with Crippen LogP contribution in [0.3, 0.4) is 0 Å². The SMILES string of the molecule is C/C=C\C(=C/C)c1csc(N)n1. The minimum absolute atomic E-state index is 0.619. The molecule has 0 saturated carbocycles. The van der Waals surface area contributed by atoms with E-state index in [4.69, 9.17) is 5.73 Å². The van der Waals surface area contributed by atoms with Crippen molar-refractivity contribution in [2.75, 3.05) is 5.73 Å². The molecule has 0 unspecified atom stereocenters. The number of hydrogen-bond donors (Lipinski definition) is 1. The smallest absolute Gasteiger partial charge is 0.180 e. The van der Waals surface area contributed by atoms with Crippen LogP contribution in [0.5, 0.6) is 0 Å². The first-order valence-corrected chi connectivity index (χ1v) is 4.66. The van der Waals surface area contributed by atoms with E-state index in [2.05, 4.69) is 4.98 Å². The van der Waals surface area contributed by atoms with Gasteiger partial charge in [-0.15, -0.1) is 11.3 Å². The van der Waals surface area contributed by atoms with Gasteiger partial charge in [0.15, 0.2) is 5.13 Å². The van der Waals surface area contributed by atoms with E-state index in [9.17, 15) is 0 Å². The number of nitrogen functional groups attached to an aromatic ring is 1. The predicted molar refractivity (Wildman–Crippen MR) is 55.0 cm³/mol. The topological polar surface area (TPSA) is 38.9 Å². The minimum atomic E-state index is 0.619. The van der Waals surface area contributed by atoms with Crippen LogP contribution in [-0.4, -0.2) is 4.98 Å². The Bertz CT molecular complexity index is 310. The number of thiazole rings is 1. The van der Waals surface area contributed by atoms with Crippen LogP contribution in [0.2, 0.25) is 0 Å². The predicted octanol–water partition coefficient (Wildman–Crippen LogP) is 2.70. The lowest BCUT2D eigenvalue weighted by molar-refractivity contribution is 1.36. The number of nitrogens with zero attached hydrogens (tertiary/aromatic N) is 1. The first kappa shape index (κ1) is 9.00. The van der Waals surface area contributed by atoms with Crippen LogP contribution < -0.4 is 5.73 Å². The van der Waals surface area contributed by atoms with Crippen molar-refractivity contribution in [3.05, 3.63) is 29.3 Å². The molecule has 3 heteroatoms. The molecule has 1 aromatic heterocycles. The van der Waals surface area contributed by atoms with Crippen molar-refractivity contribution in [3.8, 4) is 0 Å². The highest BCUT2D eigenvalue weighted by molar-refractivity contribution is 7.13. The van der Waals surface area contributed by atoms with Crippen LogP contribution in [0.4, 0.5) is 5.13 Å². The molecule has 0 radical (unpaired) electrons. The molecule has 0 amide bonds. The number of anilines is 1. The number of allylic oxidation sites excluding steroid dienone is 4. The fourth-order valence-electron chi connectivity index (χ4n) is 0.929. The van der Waals surface area contributed by atoms with Gasteiger partial charge in [0.25, 0.3) is 0 Å². The van der Waals surface area contributed by atoms with E-state index in [0.29, 0.717) is 5.13 Å². The van der Waals surface area contributed by atoms with Crippen molar-refractivity contribution in [1.29, 1.82) is 0 Å². The Labute approximate surface area is 76.4 Å². The summed E-state index contributed by atoms with van der Waals surface area (Å²) in [4.78, 5) is 4.18. The Hall–Kier alpha value is -1.09. The highest BCUT2D eigenvalue weighted by Gasteiger charge is 2.00. The van der Waals surface area contributed by atoms with Crippen LogP contribution >= 0.6 is 11.3 Å². The fourth-order valence-corrected chi connectivity index (χ4v) is 1.50. The third kappa shape index (κ3) is 1.95. The van der Waals surface area contributed by atoms with Gasteiger partial charge >= 0.3 is 0 Å². The van der Waals surface area contributed by atoms with Gasteiger partial charge in [0.1, 0.15) is 0 Å². The third-order valence-electron chi connectivity index (χ3n) is 1.47. The lowest BCUT2D eigenvalue weighted by Gasteiger charge is -1.93. The van der Waals surface area contributed by atoms with Crippen molar-refractivity contribution in [1.82, 2.24) is 4.98 Å². The fraction of sp³-hybridized carbons (Fsp3) is 0.222. The summed E-state index contributed by atoms with van der Waals surface area (Å²) in [6, 6.07) is 0. The molecule has 1 rings (SSSR count). The quantitative estimate of drug-likeness (QED) is 0.711. The second kappa shape index (κ2) is 4.07. The molecule has 1 aromatic rings. The van der Waals surface area contributed by atoms with Gasteiger partial charge in [-0.25, -0.2) is 4.98 Å². The van der Waals surface area contributed by atoms with Gasteiger partial charge in [-0.1, -0.05) is 18.2 Å². The summed E-state index contributed by atoms with van der Waals surface area (Å²) in [5.74, 6) is 0. The molecule has 0 aliphatic carbocycles. The van der Waals surface area contributed by atoms with Gasteiger partial charge in [-0.05, 0) is 19.4 Å². The monoisotopic (exact) mass is 180 g/mol. The second-order valence-corrected chi connectivity index (χ2v) is 3.20. The summed E-state index contributed by atoms with van der Waals surface area (Å²) in [5, 5.41) is 2.58. The first-order valence-electron chi connectivity index (χ1n) is 3.78. The van der Waals surface area contributed by atoms with Gasteiger partial charge in [0, 0.05) is 5.38 Å². The summed E-state index contributed by atoms with van der Waals surface area (Å²) < 4.78 is 0. The minimum Gasteiger partial charge on any atom is -0.375 e. The van der Waals surface area contributed by atoms with Crippen LogP contribution in [0.1, 0.15) is 19.5 Å². The zero-order valence-corrected chi connectivity index (χ0v) is 8.06. The molecule has 0 aromatic carbocycles. The largest absolute Gasteiger partial charge is 0.375 e. The molecular formula is C9H12N2S. The molecule has 2 nitrogen and oxygen atoms in total. The average Bonchev–Trinajstić information content (AvgIpc) is 2.47. The zero-order valence-electron chi connectivity index (χ0n) is 7.24. The van der Waals surface area contributed by atoms with Gasteiger partial charge in [-0.2, -0.15) is 0 Å². The highest BCUT2D eigenvalue weighted by Crippen LogP contribution is 2.19. The maximum absolute atomic E-state index is 5.52. The summed E-state index contributed by atoms with van der Waals surface area (Å²) in [5.41, 5.74) is 7.60. The molecule has 64 valence electrons. The number of rotatable bonds is 2. The Morgan fingerprint density at radius 1 is 1.58 bits per heavy atom. The molecule has 0 aliphatic rings. The van der Waals surface area contributed by atoms with E-state index in [0.717, 1.165) is 11.3 Å². The zero-order chi connectivity index (χ0) is 8.97. The van der Waals surface area contributed by atoms with E-state index in [1.807, 2.05) is 37.5 Å². The second-order valence-electron chi connectivity index (χ2n) is 2.32. The molecule has 0 saturated heterocycles. The van der Waals surface area contributed by atoms with Gasteiger partial charge in [0.2, 0.25) is 0 Å². The lowest BCUT2D eigenvalue weighted by Crippen LogP contribution is -1.84. The molecule has 0 spiro atoms. The van der Waals surface area contributed by atoms with Crippen molar-refractivity contribution >= 4 is 22.0 Å². The molecule has 1 heterocycles. The normalized spacial score (nSPS) is 12.7. The van der Waals surface area contributed by atoms with Gasteiger partial charge in [-0.3, -0.25) is 0 Å². The van der Waals surface area contributed by atoms with Crippen molar-refractivity contribution in [3.63, 3.8) is 0 Å². The number of nitrogens with two attached hydrogens (primary N) is 1. The maximum atomic E-state index is 5.52. The van der Waals surface area contributed by atoms with E-state index in [1.165, 1.54) is 11.3 Å². The van der Waals surface area contributed by atoms with Crippen LogP contribution in [0, 0.1) is 0 Å². The molecule has 12 heavy (non-hydrogen) atoms. The summed E-state index contributed by atoms with van der Waals surface area (Å²) in [6.45, 7) is 3.98. The summed E-state index contributed by atoms with van der Waals surface area (Å²) in [7, 11) is 0. The Morgan fingerprint density at radius 2 is 2.33 bits per heavy atom. The van der Waals surface area contributed by atoms with E-state index >= 15 is 0 Å². The summed E-state index contributed by atoms with van der Waals surface area (Å²) in [6.07, 6.45) is 6.04. The molecule has 0 bridgehead atoms. The van der Waals surface area contributed by atoms with Crippen LogP contribution in [0.25, 0.3) is 5.57 Å². The number of aromatic nitrogens is 1. The third-order valence-corrected chi connectivity index (χ3v) is 2.15. The van der Waals surface area contributed by atoms with E-state index < -0.39 is 0 Å². The molecule has 0 aliphatic heterocycles. The van der Waals surface area contributed by atoms with Crippen molar-refractivity contribution in [2.24, 2.45) is 0 Å². The lowest BCUT2D eigenvalue weighted by atomic mass is 10.2. The molecule has 0 atom stereocenters. The number of hydrogen-bond acceptors (Lipinski definition) is 3. The first-order chi connectivity index (χ1) is 5.77. The molecule has 2 N–H and O–H groups in total. The molecular weight excluding hydrogens is 168 g/mol.